The summed E-state index contributed by atoms with van der Waals surface area (Å²) in [5.41, 5.74) is 0.0778. The van der Waals surface area contributed by atoms with Crippen molar-refractivity contribution in [2.75, 3.05) is 39.8 Å². The Hall–Kier alpha value is -2.29. The lowest BCUT2D eigenvalue weighted by Gasteiger charge is -2.37. The van der Waals surface area contributed by atoms with Crippen LogP contribution in [-0.4, -0.2) is 67.6 Å². The molecule has 0 spiro atoms. The van der Waals surface area contributed by atoms with Gasteiger partial charge < -0.3 is 19.9 Å². The van der Waals surface area contributed by atoms with Gasteiger partial charge in [-0.3, -0.25) is 9.79 Å². The standard InChI is InChI=1S/C19H25F3N4O2/c1-23-18(24-13-14-4-6-15(7-5-14)19(20,21)22)26-10-8-25(9-11-26)17(27)16-3-2-12-28-16/h4-7,16H,2-3,8-13H2,1H3,(H,23,24). The Morgan fingerprint density at radius 3 is 2.36 bits per heavy atom. The molecule has 1 unspecified atom stereocenters. The van der Waals surface area contributed by atoms with E-state index in [2.05, 4.69) is 10.3 Å². The van der Waals surface area contributed by atoms with Crippen molar-refractivity contribution < 1.29 is 22.7 Å². The van der Waals surface area contributed by atoms with Crippen molar-refractivity contribution in [1.82, 2.24) is 15.1 Å². The number of nitrogens with zero attached hydrogens (tertiary/aromatic N) is 3. The molecule has 0 aliphatic carbocycles. The number of carbonyl (C=O) groups excluding carboxylic acids is 1. The lowest BCUT2D eigenvalue weighted by atomic mass is 10.1. The monoisotopic (exact) mass is 398 g/mol. The van der Waals surface area contributed by atoms with Crippen molar-refractivity contribution in [3.05, 3.63) is 35.4 Å². The highest BCUT2D eigenvalue weighted by Gasteiger charge is 2.31. The molecule has 1 aromatic rings. The second-order valence-electron chi connectivity index (χ2n) is 6.91. The summed E-state index contributed by atoms with van der Waals surface area (Å²) >= 11 is 0. The number of rotatable bonds is 3. The molecule has 1 aromatic carbocycles. The zero-order chi connectivity index (χ0) is 20.1. The van der Waals surface area contributed by atoms with E-state index in [1.165, 1.54) is 12.1 Å². The molecule has 1 atom stereocenters. The Morgan fingerprint density at radius 2 is 1.82 bits per heavy atom. The van der Waals surface area contributed by atoms with Gasteiger partial charge >= 0.3 is 6.18 Å². The molecule has 0 bridgehead atoms. The molecule has 2 aliphatic heterocycles. The summed E-state index contributed by atoms with van der Waals surface area (Å²) in [6.07, 6.45) is -2.92. The third-order valence-corrected chi connectivity index (χ3v) is 5.04. The fourth-order valence-corrected chi connectivity index (χ4v) is 3.44. The molecule has 28 heavy (non-hydrogen) atoms. The van der Waals surface area contributed by atoms with Crippen LogP contribution in [0.25, 0.3) is 0 Å². The summed E-state index contributed by atoms with van der Waals surface area (Å²) in [5, 5.41) is 3.18. The number of hydrogen-bond donors (Lipinski definition) is 1. The molecule has 1 amide bonds. The molecule has 2 fully saturated rings. The Kier molecular flexibility index (Phi) is 6.43. The van der Waals surface area contributed by atoms with Crippen LogP contribution in [0.2, 0.25) is 0 Å². The molecule has 2 saturated heterocycles. The van der Waals surface area contributed by atoms with E-state index < -0.39 is 11.7 Å². The van der Waals surface area contributed by atoms with Crippen molar-refractivity contribution in [3.8, 4) is 0 Å². The third kappa shape index (κ3) is 4.95. The Labute approximate surface area is 162 Å². The fraction of sp³-hybridized carbons (Fsp3) is 0.579. The van der Waals surface area contributed by atoms with E-state index in [0.717, 1.165) is 30.5 Å². The molecule has 6 nitrogen and oxygen atoms in total. The molecule has 154 valence electrons. The predicted molar refractivity (Wildman–Crippen MR) is 98.8 cm³/mol. The van der Waals surface area contributed by atoms with Gasteiger partial charge in [0.15, 0.2) is 5.96 Å². The van der Waals surface area contributed by atoms with E-state index in [1.807, 2.05) is 9.80 Å². The molecule has 9 heteroatoms. The van der Waals surface area contributed by atoms with E-state index >= 15 is 0 Å². The van der Waals surface area contributed by atoms with Crippen molar-refractivity contribution in [3.63, 3.8) is 0 Å². The largest absolute Gasteiger partial charge is 0.416 e. The lowest BCUT2D eigenvalue weighted by Crippen LogP contribution is -2.55. The number of halogens is 3. The minimum absolute atomic E-state index is 0.0600. The Balaban J connectivity index is 1.49. The number of amides is 1. The number of aliphatic imine (C=N–C) groups is 1. The van der Waals surface area contributed by atoms with Crippen LogP contribution in [-0.2, 0) is 22.3 Å². The van der Waals surface area contributed by atoms with Crippen molar-refractivity contribution in [2.24, 2.45) is 4.99 Å². The summed E-state index contributed by atoms with van der Waals surface area (Å²) in [7, 11) is 1.67. The van der Waals surface area contributed by atoms with Crippen LogP contribution < -0.4 is 5.32 Å². The van der Waals surface area contributed by atoms with E-state index in [-0.39, 0.29) is 12.0 Å². The topological polar surface area (TPSA) is 57.2 Å². The molecular weight excluding hydrogens is 373 g/mol. The number of ether oxygens (including phenoxy) is 1. The van der Waals surface area contributed by atoms with Crippen LogP contribution in [0.3, 0.4) is 0 Å². The Morgan fingerprint density at radius 1 is 1.18 bits per heavy atom. The van der Waals surface area contributed by atoms with Crippen molar-refractivity contribution >= 4 is 11.9 Å². The number of carbonyl (C=O) groups is 1. The number of benzene rings is 1. The number of piperazine rings is 1. The molecule has 2 aliphatic rings. The lowest BCUT2D eigenvalue weighted by molar-refractivity contribution is -0.142. The first kappa shape index (κ1) is 20.4. The summed E-state index contributed by atoms with van der Waals surface area (Å²) in [4.78, 5) is 20.5. The minimum Gasteiger partial charge on any atom is -0.368 e. The van der Waals surface area contributed by atoms with Gasteiger partial charge in [0, 0.05) is 46.4 Å². The average Bonchev–Trinajstić information content (AvgIpc) is 3.23. The number of guanidine groups is 1. The molecule has 1 N–H and O–H groups in total. The average molecular weight is 398 g/mol. The highest BCUT2D eigenvalue weighted by molar-refractivity contribution is 5.82. The van der Waals surface area contributed by atoms with Crippen LogP contribution in [0.15, 0.2) is 29.3 Å². The van der Waals surface area contributed by atoms with Gasteiger partial charge in [-0.1, -0.05) is 12.1 Å². The van der Waals surface area contributed by atoms with Gasteiger partial charge in [0.05, 0.1) is 5.56 Å². The summed E-state index contributed by atoms with van der Waals surface area (Å²) < 4.78 is 43.4. The SMILES string of the molecule is CN=C(NCc1ccc(C(F)(F)F)cc1)N1CCN(C(=O)C2CCCO2)CC1. The van der Waals surface area contributed by atoms with Crippen LogP contribution in [0.1, 0.15) is 24.0 Å². The normalized spacial score (nSPS) is 21.1. The van der Waals surface area contributed by atoms with Crippen molar-refractivity contribution in [1.29, 1.82) is 0 Å². The second kappa shape index (κ2) is 8.81. The zero-order valence-corrected chi connectivity index (χ0v) is 15.8. The maximum atomic E-state index is 12.6. The first-order valence-electron chi connectivity index (χ1n) is 9.40. The molecular formula is C19H25F3N4O2. The molecule has 0 saturated carbocycles. The van der Waals surface area contributed by atoms with Gasteiger partial charge in [-0.15, -0.1) is 0 Å². The van der Waals surface area contributed by atoms with Gasteiger partial charge in [0.25, 0.3) is 5.91 Å². The minimum atomic E-state index is -4.33. The van der Waals surface area contributed by atoms with Gasteiger partial charge in [-0.05, 0) is 30.5 Å². The van der Waals surface area contributed by atoms with Crippen LogP contribution in [0, 0.1) is 0 Å². The number of hydrogen-bond acceptors (Lipinski definition) is 3. The van der Waals surface area contributed by atoms with E-state index in [1.54, 1.807) is 7.05 Å². The van der Waals surface area contributed by atoms with Gasteiger partial charge in [-0.2, -0.15) is 13.2 Å². The third-order valence-electron chi connectivity index (χ3n) is 5.04. The van der Waals surface area contributed by atoms with Crippen LogP contribution in [0.4, 0.5) is 13.2 Å². The summed E-state index contributed by atoms with van der Waals surface area (Å²) in [5.74, 6) is 0.731. The van der Waals surface area contributed by atoms with Crippen LogP contribution in [0.5, 0.6) is 0 Å². The second-order valence-corrected chi connectivity index (χ2v) is 6.91. The Bertz CT molecular complexity index is 692. The summed E-state index contributed by atoms with van der Waals surface area (Å²) in [6, 6.07) is 5.08. The molecule has 2 heterocycles. The number of alkyl halides is 3. The van der Waals surface area contributed by atoms with Gasteiger partial charge in [-0.25, -0.2) is 0 Å². The quantitative estimate of drug-likeness (QED) is 0.626. The van der Waals surface area contributed by atoms with Crippen LogP contribution >= 0.6 is 0 Å². The molecule has 0 aromatic heterocycles. The first-order chi connectivity index (χ1) is 13.4. The molecule has 0 radical (unpaired) electrons. The highest BCUT2D eigenvalue weighted by Crippen LogP contribution is 2.29. The maximum Gasteiger partial charge on any atom is 0.416 e. The maximum absolute atomic E-state index is 12.6. The van der Waals surface area contributed by atoms with Crippen molar-refractivity contribution in [2.45, 2.75) is 31.7 Å². The molecule has 3 rings (SSSR count). The van der Waals surface area contributed by atoms with E-state index in [0.29, 0.717) is 45.3 Å². The smallest absolute Gasteiger partial charge is 0.368 e. The zero-order valence-electron chi connectivity index (χ0n) is 15.8. The fourth-order valence-electron chi connectivity index (χ4n) is 3.44. The predicted octanol–water partition coefficient (Wildman–Crippen LogP) is 2.10. The summed E-state index contributed by atoms with van der Waals surface area (Å²) in [6.45, 7) is 3.51. The number of nitrogens with one attached hydrogen (secondary N) is 1. The highest BCUT2D eigenvalue weighted by atomic mass is 19.4. The van der Waals surface area contributed by atoms with E-state index in [9.17, 15) is 18.0 Å². The van der Waals surface area contributed by atoms with E-state index in [4.69, 9.17) is 4.74 Å². The first-order valence-corrected chi connectivity index (χ1v) is 9.40. The van der Waals surface area contributed by atoms with Gasteiger partial charge in [0.2, 0.25) is 0 Å². The van der Waals surface area contributed by atoms with Gasteiger partial charge in [0.1, 0.15) is 6.10 Å².